The van der Waals surface area contributed by atoms with Crippen molar-refractivity contribution in [2.45, 2.75) is 45.5 Å². The van der Waals surface area contributed by atoms with E-state index in [4.69, 9.17) is 14.6 Å². The fourth-order valence-corrected chi connectivity index (χ4v) is 3.97. The highest BCUT2D eigenvalue weighted by molar-refractivity contribution is 6.74. The van der Waals surface area contributed by atoms with Gasteiger partial charge in [0.15, 0.2) is 19.7 Å². The van der Waals surface area contributed by atoms with E-state index < -0.39 is 8.32 Å². The number of aromatic nitrogens is 3. The Morgan fingerprint density at radius 2 is 1.87 bits per heavy atom. The Hall–Kier alpha value is -2.90. The quantitative estimate of drug-likeness (QED) is 0.415. The van der Waals surface area contributed by atoms with Crippen LogP contribution in [0, 0.1) is 0 Å². The predicted octanol–water partition coefficient (Wildman–Crippen LogP) is 5.76. The first-order valence-corrected chi connectivity index (χ1v) is 13.0. The fourth-order valence-electron chi connectivity index (χ4n) is 3.01. The number of nitrogen functional groups attached to an aromatic ring is 1. The van der Waals surface area contributed by atoms with Crippen molar-refractivity contribution in [1.29, 1.82) is 0 Å². The summed E-state index contributed by atoms with van der Waals surface area (Å²) >= 11 is 0. The van der Waals surface area contributed by atoms with Gasteiger partial charge in [-0.2, -0.15) is 4.52 Å². The lowest BCUT2D eigenvalue weighted by molar-refractivity contribution is 0.276. The highest BCUT2D eigenvalue weighted by atomic mass is 28.4. The van der Waals surface area contributed by atoms with Crippen molar-refractivity contribution in [2.24, 2.45) is 0 Å². The van der Waals surface area contributed by atoms with Crippen molar-refractivity contribution in [2.75, 3.05) is 5.73 Å². The van der Waals surface area contributed by atoms with E-state index in [1.807, 2.05) is 24.3 Å². The van der Waals surface area contributed by atoms with Crippen LogP contribution in [-0.2, 0) is 11.0 Å². The maximum absolute atomic E-state index is 6.39. The van der Waals surface area contributed by atoms with Gasteiger partial charge in [-0.3, -0.25) is 0 Å². The van der Waals surface area contributed by atoms with Crippen LogP contribution in [0.4, 0.5) is 5.82 Å². The largest absolute Gasteiger partial charge is 0.461 e. The number of hydrogen-bond donors (Lipinski definition) is 1. The molecule has 0 aliphatic heterocycles. The summed E-state index contributed by atoms with van der Waals surface area (Å²) in [5, 5.41) is 4.64. The zero-order valence-corrected chi connectivity index (χ0v) is 19.1. The van der Waals surface area contributed by atoms with Gasteiger partial charge in [0.2, 0.25) is 5.82 Å². The molecule has 0 atom stereocenters. The van der Waals surface area contributed by atoms with Crippen LogP contribution < -0.4 is 5.73 Å². The molecule has 7 heteroatoms. The standard InChI is InChI=1S/C23H28N4O2Si/c1-23(2,3)30(4,5)29-15-16-8-6-9-17(12-16)18-13-20(24)27-21(14-18)25-22(26-27)19-10-7-11-28-19/h6-14H,15,24H2,1-5H3. The minimum atomic E-state index is -1.80. The minimum Gasteiger partial charge on any atom is -0.461 e. The van der Waals surface area contributed by atoms with Gasteiger partial charge in [0.1, 0.15) is 5.82 Å². The van der Waals surface area contributed by atoms with E-state index >= 15 is 0 Å². The molecule has 3 heterocycles. The fraction of sp³-hybridized carbons (Fsp3) is 0.304. The normalized spacial score (nSPS) is 12.6. The molecule has 30 heavy (non-hydrogen) atoms. The van der Waals surface area contributed by atoms with E-state index in [1.165, 1.54) is 0 Å². The van der Waals surface area contributed by atoms with E-state index in [9.17, 15) is 0 Å². The maximum Gasteiger partial charge on any atom is 0.217 e. The molecule has 156 valence electrons. The third kappa shape index (κ3) is 3.90. The number of pyridine rings is 1. The second-order valence-electron chi connectivity index (χ2n) is 9.10. The molecule has 0 aliphatic rings. The zero-order valence-electron chi connectivity index (χ0n) is 18.1. The van der Waals surface area contributed by atoms with Crippen LogP contribution >= 0.6 is 0 Å². The minimum absolute atomic E-state index is 0.184. The van der Waals surface area contributed by atoms with E-state index in [0.717, 1.165) is 16.7 Å². The smallest absolute Gasteiger partial charge is 0.217 e. The molecule has 1 aromatic carbocycles. The van der Waals surface area contributed by atoms with Gasteiger partial charge in [0, 0.05) is 0 Å². The maximum atomic E-state index is 6.39. The molecule has 4 aromatic rings. The first-order valence-electron chi connectivity index (χ1n) is 10.1. The van der Waals surface area contributed by atoms with E-state index in [2.05, 4.69) is 68.2 Å². The number of nitrogens with zero attached hydrogens (tertiary/aromatic N) is 3. The Bertz CT molecular complexity index is 1170. The van der Waals surface area contributed by atoms with Crippen LogP contribution in [0.15, 0.2) is 59.2 Å². The highest BCUT2D eigenvalue weighted by Crippen LogP contribution is 2.37. The molecule has 0 saturated heterocycles. The summed E-state index contributed by atoms with van der Waals surface area (Å²) in [7, 11) is -1.80. The van der Waals surface area contributed by atoms with Crippen molar-refractivity contribution in [3.8, 4) is 22.7 Å². The molecular weight excluding hydrogens is 392 g/mol. The number of anilines is 1. The first-order chi connectivity index (χ1) is 14.1. The number of furan rings is 1. The lowest BCUT2D eigenvalue weighted by atomic mass is 10.0. The van der Waals surface area contributed by atoms with E-state index in [1.54, 1.807) is 10.8 Å². The van der Waals surface area contributed by atoms with Crippen molar-refractivity contribution in [3.05, 3.63) is 60.4 Å². The van der Waals surface area contributed by atoms with Crippen molar-refractivity contribution < 1.29 is 8.84 Å². The lowest BCUT2D eigenvalue weighted by Crippen LogP contribution is -2.40. The average molecular weight is 421 g/mol. The van der Waals surface area contributed by atoms with Crippen LogP contribution in [0.3, 0.4) is 0 Å². The summed E-state index contributed by atoms with van der Waals surface area (Å²) < 4.78 is 13.4. The summed E-state index contributed by atoms with van der Waals surface area (Å²) in [6, 6.07) is 15.9. The van der Waals surface area contributed by atoms with Gasteiger partial charge in [-0.1, -0.05) is 39.0 Å². The van der Waals surface area contributed by atoms with Gasteiger partial charge in [0.05, 0.1) is 12.9 Å². The summed E-state index contributed by atoms with van der Waals surface area (Å²) in [6.45, 7) is 11.9. The molecule has 0 saturated carbocycles. The Morgan fingerprint density at radius 3 is 2.57 bits per heavy atom. The average Bonchev–Trinajstić information content (AvgIpc) is 3.35. The molecule has 4 rings (SSSR count). The summed E-state index contributed by atoms with van der Waals surface area (Å²) in [5.74, 6) is 1.65. The molecule has 3 aromatic heterocycles. The number of rotatable bonds is 5. The van der Waals surface area contributed by atoms with E-state index in [-0.39, 0.29) is 5.04 Å². The Morgan fingerprint density at radius 1 is 1.07 bits per heavy atom. The highest BCUT2D eigenvalue weighted by Gasteiger charge is 2.37. The number of nitrogens with two attached hydrogens (primary N) is 1. The second kappa shape index (κ2) is 7.41. The van der Waals surface area contributed by atoms with Crippen LogP contribution in [-0.4, -0.2) is 22.9 Å². The molecule has 6 nitrogen and oxygen atoms in total. The Kier molecular flexibility index (Phi) is 5.03. The van der Waals surface area contributed by atoms with Crippen LogP contribution in [0.1, 0.15) is 26.3 Å². The third-order valence-electron chi connectivity index (χ3n) is 5.87. The number of fused-ring (bicyclic) bond motifs is 1. The number of benzene rings is 1. The lowest BCUT2D eigenvalue weighted by Gasteiger charge is -2.36. The second-order valence-corrected chi connectivity index (χ2v) is 13.9. The summed E-state index contributed by atoms with van der Waals surface area (Å²) in [5.41, 5.74) is 10.2. The van der Waals surface area contributed by atoms with Crippen LogP contribution in [0.5, 0.6) is 0 Å². The molecule has 0 radical (unpaired) electrons. The molecule has 0 spiro atoms. The third-order valence-corrected chi connectivity index (χ3v) is 10.4. The summed E-state index contributed by atoms with van der Waals surface area (Å²) in [4.78, 5) is 4.58. The molecule has 0 aliphatic carbocycles. The van der Waals surface area contributed by atoms with Crippen molar-refractivity contribution in [3.63, 3.8) is 0 Å². The molecule has 0 unspecified atom stereocenters. The van der Waals surface area contributed by atoms with E-state index in [0.29, 0.717) is 29.7 Å². The van der Waals surface area contributed by atoms with Gasteiger partial charge < -0.3 is 14.6 Å². The number of hydrogen-bond acceptors (Lipinski definition) is 5. The van der Waals surface area contributed by atoms with Gasteiger partial charge in [-0.15, -0.1) is 5.10 Å². The molecular formula is C23H28N4O2Si. The van der Waals surface area contributed by atoms with Gasteiger partial charge >= 0.3 is 0 Å². The van der Waals surface area contributed by atoms with Gasteiger partial charge in [0.25, 0.3) is 0 Å². The predicted molar refractivity (Wildman–Crippen MR) is 123 cm³/mol. The molecule has 2 N–H and O–H groups in total. The SMILES string of the molecule is CC(C)(C)[Si](C)(C)OCc1cccc(-c2cc(N)n3nc(-c4ccco4)nc3c2)c1. The first kappa shape index (κ1) is 20.4. The van der Waals surface area contributed by atoms with Gasteiger partial charge in [-0.25, -0.2) is 4.98 Å². The van der Waals surface area contributed by atoms with Gasteiger partial charge in [-0.05, 0) is 65.2 Å². The topological polar surface area (TPSA) is 78.6 Å². The molecule has 0 bridgehead atoms. The Balaban J connectivity index is 1.63. The monoisotopic (exact) mass is 420 g/mol. The molecule has 0 amide bonds. The van der Waals surface area contributed by atoms with Crippen molar-refractivity contribution in [1.82, 2.24) is 14.6 Å². The summed E-state index contributed by atoms with van der Waals surface area (Å²) in [6.07, 6.45) is 1.60. The zero-order chi connectivity index (χ0) is 21.5. The Labute approximate surface area is 177 Å². The van der Waals surface area contributed by atoms with Crippen LogP contribution in [0.25, 0.3) is 28.4 Å². The van der Waals surface area contributed by atoms with Crippen LogP contribution in [0.2, 0.25) is 18.1 Å². The van der Waals surface area contributed by atoms with Crippen molar-refractivity contribution >= 4 is 19.8 Å². The molecule has 0 fully saturated rings.